The summed E-state index contributed by atoms with van der Waals surface area (Å²) in [6.45, 7) is 10.6. The van der Waals surface area contributed by atoms with Crippen molar-refractivity contribution in [3.63, 3.8) is 0 Å². The summed E-state index contributed by atoms with van der Waals surface area (Å²) in [7, 11) is 4.03. The lowest BCUT2D eigenvalue weighted by Gasteiger charge is -2.34. The van der Waals surface area contributed by atoms with Crippen LogP contribution in [-0.4, -0.2) is 39.0 Å². The molecule has 5 heteroatoms. The van der Waals surface area contributed by atoms with Gasteiger partial charge in [0, 0.05) is 24.4 Å². The molecule has 0 saturated carbocycles. The Labute approximate surface area is 196 Å². The van der Waals surface area contributed by atoms with E-state index in [1.165, 1.54) is 54.3 Å². The summed E-state index contributed by atoms with van der Waals surface area (Å²) in [5, 5.41) is 1.43. The minimum atomic E-state index is -0.0434. The van der Waals surface area contributed by atoms with E-state index in [4.69, 9.17) is 14.2 Å². The summed E-state index contributed by atoms with van der Waals surface area (Å²) >= 11 is 0. The highest BCUT2D eigenvalue weighted by Crippen LogP contribution is 2.49. The Morgan fingerprint density at radius 3 is 2.50 bits per heavy atom. The Bertz CT molecular complexity index is 866. The third-order valence-electron chi connectivity index (χ3n) is 6.38. The van der Waals surface area contributed by atoms with Crippen molar-refractivity contribution < 1.29 is 14.2 Å². The van der Waals surface area contributed by atoms with E-state index in [1.54, 1.807) is 14.2 Å². The molecule has 0 radical (unpaired) electrons. The molecule has 0 aliphatic carbocycles. The average molecular weight is 458 g/mol. The molecule has 1 aliphatic heterocycles. The number of aryl methyl sites for hydroxylation is 1. The minimum absolute atomic E-state index is 0.0434. The predicted molar refractivity (Wildman–Crippen MR) is 136 cm³/mol. The lowest BCUT2D eigenvalue weighted by Crippen LogP contribution is -2.31. The maximum Gasteiger partial charge on any atom is 0.188 e. The van der Waals surface area contributed by atoms with E-state index in [-0.39, 0.29) is 11.9 Å². The number of piperidine rings is 1. The van der Waals surface area contributed by atoms with Gasteiger partial charge in [0.25, 0.3) is 0 Å². The van der Waals surface area contributed by atoms with Crippen molar-refractivity contribution in [1.29, 1.82) is 0 Å². The molecule has 1 aliphatic rings. The van der Waals surface area contributed by atoms with Crippen molar-refractivity contribution in [1.82, 2.24) is 4.90 Å². The van der Waals surface area contributed by atoms with Crippen LogP contribution in [0.25, 0.3) is 0 Å². The van der Waals surface area contributed by atoms with Gasteiger partial charge in [-0.15, -0.1) is 0 Å². The zero-order valence-electron chi connectivity index (χ0n) is 20.5. The first-order valence-corrected chi connectivity index (χ1v) is 12.9. The maximum atomic E-state index is 6.01. The Hall–Kier alpha value is -1.61. The SMILES string of the molecule is CCCC(C)(Pc1ccc(C)cc1CN1CCCCC1)c1cc(OC)ccc1OCOC. The quantitative estimate of drug-likeness (QED) is 0.306. The van der Waals surface area contributed by atoms with Crippen molar-refractivity contribution in [2.24, 2.45) is 0 Å². The summed E-state index contributed by atoms with van der Waals surface area (Å²) in [4.78, 5) is 2.63. The highest BCUT2D eigenvalue weighted by atomic mass is 31.1. The third-order valence-corrected chi connectivity index (χ3v) is 8.21. The summed E-state index contributed by atoms with van der Waals surface area (Å²) in [5.41, 5.74) is 4.03. The monoisotopic (exact) mass is 457 g/mol. The summed E-state index contributed by atoms with van der Waals surface area (Å²) < 4.78 is 16.8. The molecule has 2 aromatic rings. The van der Waals surface area contributed by atoms with E-state index in [0.717, 1.165) is 30.9 Å². The molecule has 1 saturated heterocycles. The number of ether oxygens (including phenoxy) is 3. The van der Waals surface area contributed by atoms with Gasteiger partial charge in [0.05, 0.1) is 7.11 Å². The van der Waals surface area contributed by atoms with Gasteiger partial charge < -0.3 is 14.2 Å². The van der Waals surface area contributed by atoms with E-state index < -0.39 is 0 Å². The summed E-state index contributed by atoms with van der Waals surface area (Å²) in [6.07, 6.45) is 6.20. The molecule has 0 spiro atoms. The van der Waals surface area contributed by atoms with Gasteiger partial charge in [-0.3, -0.25) is 4.90 Å². The zero-order valence-corrected chi connectivity index (χ0v) is 21.5. The molecule has 0 bridgehead atoms. The van der Waals surface area contributed by atoms with Crippen LogP contribution in [0, 0.1) is 6.92 Å². The first-order valence-electron chi connectivity index (χ1n) is 11.9. The molecular weight excluding hydrogens is 417 g/mol. The number of likely N-dealkylation sites (tertiary alicyclic amines) is 1. The third kappa shape index (κ3) is 6.47. The van der Waals surface area contributed by atoms with Gasteiger partial charge in [-0.1, -0.05) is 59.0 Å². The molecule has 2 unspecified atom stereocenters. The topological polar surface area (TPSA) is 30.9 Å². The van der Waals surface area contributed by atoms with Crippen LogP contribution in [0.4, 0.5) is 0 Å². The van der Waals surface area contributed by atoms with Crippen molar-refractivity contribution in [2.75, 3.05) is 34.1 Å². The minimum Gasteiger partial charge on any atom is -0.497 e. The molecule has 1 fully saturated rings. The van der Waals surface area contributed by atoms with Gasteiger partial charge in [-0.25, -0.2) is 0 Å². The molecule has 176 valence electrons. The van der Waals surface area contributed by atoms with Gasteiger partial charge >= 0.3 is 0 Å². The molecule has 2 atom stereocenters. The molecular formula is C27H40NO3P. The van der Waals surface area contributed by atoms with E-state index in [2.05, 4.69) is 49.9 Å². The van der Waals surface area contributed by atoms with Crippen molar-refractivity contribution in [3.8, 4) is 11.5 Å². The second-order valence-corrected chi connectivity index (χ2v) is 11.0. The van der Waals surface area contributed by atoms with Crippen LogP contribution in [0.1, 0.15) is 62.6 Å². The standard InChI is InChI=1S/C27H40NO3P/c1-6-14-27(3,24-18-23(30-5)11-12-25(24)31-20-29-4)32-26-13-10-21(2)17-22(26)19-28-15-8-7-9-16-28/h10-13,17-18,32H,6-9,14-16,19-20H2,1-5H3. The number of hydrogen-bond donors (Lipinski definition) is 0. The van der Waals surface area contributed by atoms with Crippen LogP contribution in [0.3, 0.4) is 0 Å². The normalized spacial score (nSPS) is 16.9. The smallest absolute Gasteiger partial charge is 0.188 e. The van der Waals surface area contributed by atoms with Crippen LogP contribution in [0.2, 0.25) is 0 Å². The molecule has 4 nitrogen and oxygen atoms in total. The number of hydrogen-bond acceptors (Lipinski definition) is 4. The fourth-order valence-electron chi connectivity index (χ4n) is 4.71. The van der Waals surface area contributed by atoms with E-state index >= 15 is 0 Å². The molecule has 0 N–H and O–H groups in total. The molecule has 0 aromatic heterocycles. The molecule has 0 amide bonds. The van der Waals surface area contributed by atoms with Gasteiger partial charge in [-0.2, -0.15) is 0 Å². The fraction of sp³-hybridized carbons (Fsp3) is 0.556. The Morgan fingerprint density at radius 2 is 1.81 bits per heavy atom. The summed E-state index contributed by atoms with van der Waals surface area (Å²) in [6, 6.07) is 13.2. The highest BCUT2D eigenvalue weighted by molar-refractivity contribution is 7.48. The van der Waals surface area contributed by atoms with Crippen LogP contribution in [0.15, 0.2) is 36.4 Å². The van der Waals surface area contributed by atoms with E-state index in [1.807, 2.05) is 12.1 Å². The van der Waals surface area contributed by atoms with Crippen LogP contribution < -0.4 is 14.8 Å². The molecule has 32 heavy (non-hydrogen) atoms. The van der Waals surface area contributed by atoms with E-state index in [9.17, 15) is 0 Å². The first-order chi connectivity index (χ1) is 15.5. The largest absolute Gasteiger partial charge is 0.497 e. The van der Waals surface area contributed by atoms with Gasteiger partial charge in [0.2, 0.25) is 0 Å². The second kappa shape index (κ2) is 12.0. The maximum absolute atomic E-state index is 6.01. The first kappa shape index (κ1) is 25.0. The van der Waals surface area contributed by atoms with Crippen molar-refractivity contribution in [2.45, 2.75) is 64.6 Å². The lowest BCUT2D eigenvalue weighted by atomic mass is 9.94. The average Bonchev–Trinajstić information content (AvgIpc) is 2.80. The zero-order chi connectivity index (χ0) is 23.0. The Morgan fingerprint density at radius 1 is 1.03 bits per heavy atom. The van der Waals surface area contributed by atoms with Crippen LogP contribution >= 0.6 is 8.58 Å². The van der Waals surface area contributed by atoms with Gasteiger partial charge in [0.15, 0.2) is 6.79 Å². The van der Waals surface area contributed by atoms with Gasteiger partial charge in [0.1, 0.15) is 11.5 Å². The Balaban J connectivity index is 1.97. The van der Waals surface area contributed by atoms with E-state index in [0.29, 0.717) is 8.58 Å². The Kier molecular flexibility index (Phi) is 9.40. The van der Waals surface area contributed by atoms with Crippen molar-refractivity contribution >= 4 is 13.9 Å². The molecule has 2 aromatic carbocycles. The number of methoxy groups -OCH3 is 2. The van der Waals surface area contributed by atoms with Gasteiger partial charge in [-0.05, 0) is 68.3 Å². The number of benzene rings is 2. The summed E-state index contributed by atoms with van der Waals surface area (Å²) in [5.74, 6) is 1.76. The fourth-order valence-corrected chi connectivity index (χ4v) is 6.49. The number of nitrogens with zero attached hydrogens (tertiary/aromatic N) is 1. The number of rotatable bonds is 11. The van der Waals surface area contributed by atoms with Crippen LogP contribution in [-0.2, 0) is 16.4 Å². The lowest BCUT2D eigenvalue weighted by molar-refractivity contribution is 0.0500. The molecule has 3 rings (SSSR count). The highest BCUT2D eigenvalue weighted by Gasteiger charge is 2.31. The predicted octanol–water partition coefficient (Wildman–Crippen LogP) is 5.99. The second-order valence-electron chi connectivity index (χ2n) is 9.12. The van der Waals surface area contributed by atoms with Crippen molar-refractivity contribution in [3.05, 3.63) is 53.1 Å². The van der Waals surface area contributed by atoms with Crippen LogP contribution in [0.5, 0.6) is 11.5 Å². The molecule has 1 heterocycles.